The fraction of sp³-hybridized carbons (Fsp3) is 0.357. The molecule has 1 aliphatic rings. The SMILES string of the molecule is Cc1nc(C(Cc2cc(Br)cc3c2OCC3)NN)cs1. The molecule has 106 valence electrons. The van der Waals surface area contributed by atoms with Crippen molar-refractivity contribution in [2.24, 2.45) is 5.84 Å². The molecule has 0 radical (unpaired) electrons. The second kappa shape index (κ2) is 5.81. The number of nitrogens with zero attached hydrogens (tertiary/aromatic N) is 1. The van der Waals surface area contributed by atoms with E-state index in [1.807, 2.05) is 6.92 Å². The lowest BCUT2D eigenvalue weighted by Gasteiger charge is -2.16. The quantitative estimate of drug-likeness (QED) is 0.655. The fourth-order valence-electron chi connectivity index (χ4n) is 2.51. The number of hydrazine groups is 1. The van der Waals surface area contributed by atoms with Gasteiger partial charge in [-0.25, -0.2) is 4.98 Å². The van der Waals surface area contributed by atoms with E-state index in [1.165, 1.54) is 11.1 Å². The molecule has 0 saturated carbocycles. The summed E-state index contributed by atoms with van der Waals surface area (Å²) >= 11 is 5.21. The van der Waals surface area contributed by atoms with Crippen LogP contribution in [0.25, 0.3) is 0 Å². The molecule has 1 atom stereocenters. The first-order chi connectivity index (χ1) is 9.67. The highest BCUT2D eigenvalue weighted by molar-refractivity contribution is 9.10. The van der Waals surface area contributed by atoms with Gasteiger partial charge in [0.05, 0.1) is 23.4 Å². The summed E-state index contributed by atoms with van der Waals surface area (Å²) in [6, 6.07) is 4.24. The smallest absolute Gasteiger partial charge is 0.125 e. The number of fused-ring (bicyclic) bond motifs is 1. The van der Waals surface area contributed by atoms with Gasteiger partial charge in [0, 0.05) is 16.3 Å². The summed E-state index contributed by atoms with van der Waals surface area (Å²) < 4.78 is 6.85. The van der Waals surface area contributed by atoms with Gasteiger partial charge in [-0.3, -0.25) is 11.3 Å². The Morgan fingerprint density at radius 1 is 1.55 bits per heavy atom. The number of hydrogen-bond acceptors (Lipinski definition) is 5. The third kappa shape index (κ3) is 2.74. The Morgan fingerprint density at radius 3 is 3.10 bits per heavy atom. The van der Waals surface area contributed by atoms with E-state index >= 15 is 0 Å². The Balaban J connectivity index is 1.90. The molecular weight excluding hydrogens is 338 g/mol. The third-order valence-electron chi connectivity index (χ3n) is 3.44. The van der Waals surface area contributed by atoms with Crippen molar-refractivity contribution in [1.29, 1.82) is 0 Å². The number of ether oxygens (including phenoxy) is 1. The van der Waals surface area contributed by atoms with Crippen LogP contribution in [0.3, 0.4) is 0 Å². The summed E-state index contributed by atoms with van der Waals surface area (Å²) in [4.78, 5) is 4.52. The summed E-state index contributed by atoms with van der Waals surface area (Å²) in [5, 5.41) is 3.11. The molecule has 0 fully saturated rings. The number of hydrogen-bond donors (Lipinski definition) is 2. The number of benzene rings is 1. The minimum atomic E-state index is 0.00236. The number of halogens is 1. The predicted molar refractivity (Wildman–Crippen MR) is 84.0 cm³/mol. The van der Waals surface area contributed by atoms with Gasteiger partial charge >= 0.3 is 0 Å². The zero-order chi connectivity index (χ0) is 14.1. The third-order valence-corrected chi connectivity index (χ3v) is 4.69. The van der Waals surface area contributed by atoms with Gasteiger partial charge in [-0.1, -0.05) is 15.9 Å². The standard InChI is InChI=1S/C14H16BrN3OS/c1-8-17-13(7-20-8)12(18-16)6-10-5-11(15)4-9-2-3-19-14(9)10/h4-5,7,12,18H,2-3,6,16H2,1H3. The second-order valence-corrected chi connectivity index (χ2v) is 6.84. The Bertz CT molecular complexity index is 629. The maximum Gasteiger partial charge on any atom is 0.125 e. The summed E-state index contributed by atoms with van der Waals surface area (Å²) in [5.74, 6) is 6.72. The lowest BCUT2D eigenvalue weighted by Crippen LogP contribution is -2.30. The molecule has 6 heteroatoms. The zero-order valence-corrected chi connectivity index (χ0v) is 13.6. The van der Waals surface area contributed by atoms with Crippen molar-refractivity contribution in [1.82, 2.24) is 10.4 Å². The number of nitrogens with two attached hydrogens (primary N) is 1. The number of thiazole rings is 1. The summed E-state index contributed by atoms with van der Waals surface area (Å²) in [7, 11) is 0. The lowest BCUT2D eigenvalue weighted by atomic mass is 10.0. The van der Waals surface area contributed by atoms with Crippen molar-refractivity contribution in [2.75, 3.05) is 6.61 Å². The van der Waals surface area contributed by atoms with Crippen LogP contribution in [-0.2, 0) is 12.8 Å². The van der Waals surface area contributed by atoms with Crippen LogP contribution in [0.5, 0.6) is 5.75 Å². The molecule has 3 N–H and O–H groups in total. The predicted octanol–water partition coefficient (Wildman–Crippen LogP) is 2.90. The maximum atomic E-state index is 5.76. The highest BCUT2D eigenvalue weighted by atomic mass is 79.9. The molecule has 20 heavy (non-hydrogen) atoms. The molecule has 0 saturated heterocycles. The van der Waals surface area contributed by atoms with E-state index in [4.69, 9.17) is 10.6 Å². The first kappa shape index (κ1) is 14.0. The molecule has 3 rings (SSSR count). The van der Waals surface area contributed by atoms with E-state index in [0.717, 1.165) is 40.4 Å². The summed E-state index contributed by atoms with van der Waals surface area (Å²) in [6.45, 7) is 2.76. The van der Waals surface area contributed by atoms with Crippen LogP contribution in [0, 0.1) is 6.92 Å². The van der Waals surface area contributed by atoms with E-state index in [-0.39, 0.29) is 6.04 Å². The molecule has 0 spiro atoms. The van der Waals surface area contributed by atoms with Gasteiger partial charge in [-0.2, -0.15) is 0 Å². The molecule has 0 bridgehead atoms. The Kier molecular flexibility index (Phi) is 4.07. The lowest BCUT2D eigenvalue weighted by molar-refractivity contribution is 0.351. The Labute approximate surface area is 130 Å². The number of rotatable bonds is 4. The van der Waals surface area contributed by atoms with Crippen molar-refractivity contribution < 1.29 is 4.74 Å². The molecule has 1 aliphatic heterocycles. The van der Waals surface area contributed by atoms with Gasteiger partial charge in [0.25, 0.3) is 0 Å². The first-order valence-corrected chi connectivity index (χ1v) is 8.17. The second-order valence-electron chi connectivity index (χ2n) is 4.87. The van der Waals surface area contributed by atoms with Crippen LogP contribution in [-0.4, -0.2) is 11.6 Å². The number of aromatic nitrogens is 1. The van der Waals surface area contributed by atoms with Crippen LogP contribution in [0.2, 0.25) is 0 Å². The molecule has 2 heterocycles. The topological polar surface area (TPSA) is 60.2 Å². The Hall–Kier alpha value is -0.950. The molecule has 0 aliphatic carbocycles. The van der Waals surface area contributed by atoms with Crippen LogP contribution < -0.4 is 16.0 Å². The van der Waals surface area contributed by atoms with Gasteiger partial charge in [0.2, 0.25) is 0 Å². The molecule has 4 nitrogen and oxygen atoms in total. The summed E-state index contributed by atoms with van der Waals surface area (Å²) in [5.41, 5.74) is 6.28. The first-order valence-electron chi connectivity index (χ1n) is 6.49. The average molecular weight is 354 g/mol. The molecule has 2 aromatic rings. The van der Waals surface area contributed by atoms with Gasteiger partial charge in [-0.15, -0.1) is 11.3 Å². The molecule has 1 unspecified atom stereocenters. The average Bonchev–Trinajstić information content (AvgIpc) is 3.04. The molecule has 0 amide bonds. The largest absolute Gasteiger partial charge is 0.493 e. The van der Waals surface area contributed by atoms with E-state index in [9.17, 15) is 0 Å². The maximum absolute atomic E-state index is 5.76. The van der Waals surface area contributed by atoms with E-state index in [0.29, 0.717) is 0 Å². The number of nitrogens with one attached hydrogen (secondary N) is 1. The monoisotopic (exact) mass is 353 g/mol. The minimum absolute atomic E-state index is 0.00236. The van der Waals surface area contributed by atoms with Crippen molar-refractivity contribution in [3.63, 3.8) is 0 Å². The van der Waals surface area contributed by atoms with E-state index in [2.05, 4.69) is 43.9 Å². The normalized spacial score (nSPS) is 14.9. The van der Waals surface area contributed by atoms with Gasteiger partial charge in [-0.05, 0) is 36.6 Å². The number of aryl methyl sites for hydroxylation is 1. The highest BCUT2D eigenvalue weighted by Crippen LogP contribution is 2.35. The van der Waals surface area contributed by atoms with Crippen LogP contribution in [0.15, 0.2) is 22.0 Å². The van der Waals surface area contributed by atoms with Crippen molar-refractivity contribution >= 4 is 27.3 Å². The van der Waals surface area contributed by atoms with Crippen molar-refractivity contribution in [2.45, 2.75) is 25.8 Å². The summed E-state index contributed by atoms with van der Waals surface area (Å²) in [6.07, 6.45) is 1.74. The molecular formula is C14H16BrN3OS. The van der Waals surface area contributed by atoms with E-state index in [1.54, 1.807) is 11.3 Å². The van der Waals surface area contributed by atoms with Crippen LogP contribution >= 0.6 is 27.3 Å². The van der Waals surface area contributed by atoms with Crippen LogP contribution in [0.1, 0.15) is 27.9 Å². The van der Waals surface area contributed by atoms with Gasteiger partial charge in [0.15, 0.2) is 0 Å². The van der Waals surface area contributed by atoms with Gasteiger partial charge < -0.3 is 4.74 Å². The minimum Gasteiger partial charge on any atom is -0.493 e. The fourth-order valence-corrected chi connectivity index (χ4v) is 3.73. The van der Waals surface area contributed by atoms with E-state index < -0.39 is 0 Å². The molecule has 1 aromatic carbocycles. The van der Waals surface area contributed by atoms with Crippen molar-refractivity contribution in [3.8, 4) is 5.75 Å². The van der Waals surface area contributed by atoms with Crippen LogP contribution in [0.4, 0.5) is 0 Å². The van der Waals surface area contributed by atoms with Crippen molar-refractivity contribution in [3.05, 3.63) is 43.8 Å². The molecule has 1 aromatic heterocycles. The zero-order valence-electron chi connectivity index (χ0n) is 11.1. The highest BCUT2D eigenvalue weighted by Gasteiger charge is 2.21. The van der Waals surface area contributed by atoms with Gasteiger partial charge in [0.1, 0.15) is 5.75 Å². The Morgan fingerprint density at radius 2 is 2.40 bits per heavy atom.